The molecular weight excluding hydrogens is 365 g/mol. The van der Waals surface area contributed by atoms with Crippen LogP contribution in [0.15, 0.2) is 12.1 Å². The number of ether oxygens (including phenoxy) is 1. The fourth-order valence-electron chi connectivity index (χ4n) is 0.991. The summed E-state index contributed by atoms with van der Waals surface area (Å²) in [5.74, 6) is 0.536. The Labute approximate surface area is 103 Å². The SMILES string of the molecule is COc1cc([N+](=O)[O-])cc(CBr)c1I. The van der Waals surface area contributed by atoms with Crippen molar-refractivity contribution in [3.63, 3.8) is 0 Å². The molecule has 0 aliphatic carbocycles. The van der Waals surface area contributed by atoms with Crippen LogP contribution >= 0.6 is 38.5 Å². The van der Waals surface area contributed by atoms with Crippen LogP contribution in [0.25, 0.3) is 0 Å². The van der Waals surface area contributed by atoms with Crippen LogP contribution < -0.4 is 4.74 Å². The first-order valence-electron chi connectivity index (χ1n) is 3.67. The van der Waals surface area contributed by atoms with E-state index < -0.39 is 4.92 Å². The summed E-state index contributed by atoms with van der Waals surface area (Å²) in [6.07, 6.45) is 0. The van der Waals surface area contributed by atoms with Crippen molar-refractivity contribution < 1.29 is 9.66 Å². The Morgan fingerprint density at radius 3 is 2.71 bits per heavy atom. The molecule has 0 unspecified atom stereocenters. The molecule has 0 radical (unpaired) electrons. The van der Waals surface area contributed by atoms with Crippen molar-refractivity contribution in [3.05, 3.63) is 31.4 Å². The number of alkyl halides is 1. The lowest BCUT2D eigenvalue weighted by atomic mass is 10.2. The van der Waals surface area contributed by atoms with Gasteiger partial charge >= 0.3 is 0 Å². The molecule has 0 bridgehead atoms. The molecule has 0 amide bonds. The lowest BCUT2D eigenvalue weighted by Crippen LogP contribution is -1.96. The summed E-state index contributed by atoms with van der Waals surface area (Å²) in [5.41, 5.74) is 0.911. The van der Waals surface area contributed by atoms with Crippen LogP contribution in [0, 0.1) is 13.7 Å². The Kier molecular flexibility index (Phi) is 4.11. The molecule has 0 heterocycles. The van der Waals surface area contributed by atoms with Gasteiger partial charge in [0.15, 0.2) is 0 Å². The Morgan fingerprint density at radius 2 is 2.29 bits per heavy atom. The largest absolute Gasteiger partial charge is 0.495 e. The highest BCUT2D eigenvalue weighted by Crippen LogP contribution is 2.30. The average molecular weight is 372 g/mol. The number of nitrogens with zero attached hydrogens (tertiary/aromatic N) is 1. The van der Waals surface area contributed by atoms with Crippen molar-refractivity contribution in [2.45, 2.75) is 5.33 Å². The topological polar surface area (TPSA) is 52.4 Å². The van der Waals surface area contributed by atoms with E-state index in [0.717, 1.165) is 9.13 Å². The molecule has 1 aromatic rings. The van der Waals surface area contributed by atoms with E-state index in [2.05, 4.69) is 38.5 Å². The van der Waals surface area contributed by atoms with E-state index in [0.29, 0.717) is 11.1 Å². The molecule has 0 aliphatic rings. The van der Waals surface area contributed by atoms with Gasteiger partial charge in [0.1, 0.15) is 5.75 Å². The van der Waals surface area contributed by atoms with Crippen molar-refractivity contribution in [2.24, 2.45) is 0 Å². The Hall–Kier alpha value is -0.370. The van der Waals surface area contributed by atoms with E-state index in [9.17, 15) is 10.1 Å². The number of methoxy groups -OCH3 is 1. The van der Waals surface area contributed by atoms with Gasteiger partial charge in [0.2, 0.25) is 0 Å². The van der Waals surface area contributed by atoms with E-state index in [1.54, 1.807) is 6.07 Å². The Bertz CT molecular complexity index is 345. The second-order valence-corrected chi connectivity index (χ2v) is 4.15. The van der Waals surface area contributed by atoms with Gasteiger partial charge in [-0.3, -0.25) is 10.1 Å². The molecule has 0 aromatic heterocycles. The summed E-state index contributed by atoms with van der Waals surface area (Å²) in [7, 11) is 1.50. The number of non-ortho nitro benzene ring substituents is 1. The maximum atomic E-state index is 10.6. The molecule has 14 heavy (non-hydrogen) atoms. The third-order valence-corrected chi connectivity index (χ3v) is 3.50. The van der Waals surface area contributed by atoms with E-state index in [1.807, 2.05) is 0 Å². The zero-order valence-corrected chi connectivity index (χ0v) is 11.0. The minimum Gasteiger partial charge on any atom is -0.495 e. The maximum Gasteiger partial charge on any atom is 0.273 e. The van der Waals surface area contributed by atoms with Gasteiger partial charge in [0, 0.05) is 11.4 Å². The van der Waals surface area contributed by atoms with Gasteiger partial charge in [0.05, 0.1) is 21.7 Å². The predicted octanol–water partition coefficient (Wildman–Crippen LogP) is 3.10. The first-order chi connectivity index (χ1) is 6.60. The molecule has 0 saturated heterocycles. The van der Waals surface area contributed by atoms with Crippen molar-refractivity contribution in [1.29, 1.82) is 0 Å². The summed E-state index contributed by atoms with van der Waals surface area (Å²) in [5, 5.41) is 11.2. The molecule has 0 fully saturated rings. The predicted molar refractivity (Wildman–Crippen MR) is 65.0 cm³/mol. The second kappa shape index (κ2) is 4.92. The van der Waals surface area contributed by atoms with E-state index in [1.165, 1.54) is 13.2 Å². The number of rotatable bonds is 3. The van der Waals surface area contributed by atoms with Crippen LogP contribution in [0.5, 0.6) is 5.75 Å². The van der Waals surface area contributed by atoms with Crippen LogP contribution in [0.4, 0.5) is 5.69 Å². The fourth-order valence-corrected chi connectivity index (χ4v) is 2.68. The monoisotopic (exact) mass is 371 g/mol. The summed E-state index contributed by atoms with van der Waals surface area (Å²) in [6.45, 7) is 0. The molecular formula is C8H7BrINO3. The average Bonchev–Trinajstić information content (AvgIpc) is 2.17. The van der Waals surface area contributed by atoms with Crippen molar-refractivity contribution in [1.82, 2.24) is 0 Å². The molecule has 0 aliphatic heterocycles. The molecule has 1 rings (SSSR count). The van der Waals surface area contributed by atoms with Crippen molar-refractivity contribution >= 4 is 44.2 Å². The number of halogens is 2. The summed E-state index contributed by atoms with van der Waals surface area (Å²) >= 11 is 5.38. The smallest absolute Gasteiger partial charge is 0.273 e. The zero-order chi connectivity index (χ0) is 10.7. The Morgan fingerprint density at radius 1 is 1.64 bits per heavy atom. The normalized spacial score (nSPS) is 9.93. The molecule has 0 spiro atoms. The fraction of sp³-hybridized carbons (Fsp3) is 0.250. The summed E-state index contributed by atoms with van der Waals surface area (Å²) in [4.78, 5) is 10.2. The van der Waals surface area contributed by atoms with Gasteiger partial charge in [0.25, 0.3) is 5.69 Å². The second-order valence-electron chi connectivity index (χ2n) is 2.51. The molecule has 76 valence electrons. The Balaban J connectivity index is 3.32. The van der Waals surface area contributed by atoms with Gasteiger partial charge in [-0.25, -0.2) is 0 Å². The third-order valence-electron chi connectivity index (χ3n) is 1.67. The molecule has 0 atom stereocenters. The highest BCUT2D eigenvalue weighted by molar-refractivity contribution is 14.1. The van der Waals surface area contributed by atoms with Gasteiger partial charge in [-0.15, -0.1) is 0 Å². The number of hydrogen-bond donors (Lipinski definition) is 0. The molecule has 1 aromatic carbocycles. The van der Waals surface area contributed by atoms with Crippen LogP contribution in [0.3, 0.4) is 0 Å². The molecule has 6 heteroatoms. The number of hydrogen-bond acceptors (Lipinski definition) is 3. The minimum absolute atomic E-state index is 0.0525. The van der Waals surface area contributed by atoms with Gasteiger partial charge in [-0.05, 0) is 28.2 Å². The van der Waals surface area contributed by atoms with E-state index >= 15 is 0 Å². The van der Waals surface area contributed by atoms with Crippen LogP contribution in [0.1, 0.15) is 5.56 Å². The standard InChI is InChI=1S/C8H7BrINO3/c1-14-7-3-6(11(12)13)2-5(4-9)8(7)10/h2-3H,4H2,1H3. The van der Waals surface area contributed by atoms with Gasteiger partial charge in [-0.1, -0.05) is 15.9 Å². The van der Waals surface area contributed by atoms with E-state index in [-0.39, 0.29) is 5.69 Å². The molecule has 0 saturated carbocycles. The van der Waals surface area contributed by atoms with Crippen LogP contribution in [-0.4, -0.2) is 12.0 Å². The maximum absolute atomic E-state index is 10.6. The van der Waals surface area contributed by atoms with Gasteiger partial charge in [-0.2, -0.15) is 0 Å². The van der Waals surface area contributed by atoms with Crippen LogP contribution in [-0.2, 0) is 5.33 Å². The van der Waals surface area contributed by atoms with Crippen molar-refractivity contribution in [3.8, 4) is 5.75 Å². The first-order valence-corrected chi connectivity index (χ1v) is 5.87. The molecule has 0 N–H and O–H groups in total. The van der Waals surface area contributed by atoms with E-state index in [4.69, 9.17) is 4.74 Å². The molecule has 4 nitrogen and oxygen atoms in total. The highest BCUT2D eigenvalue weighted by Gasteiger charge is 2.14. The lowest BCUT2D eigenvalue weighted by molar-refractivity contribution is -0.385. The number of benzene rings is 1. The highest BCUT2D eigenvalue weighted by atomic mass is 127. The quantitative estimate of drug-likeness (QED) is 0.355. The third kappa shape index (κ3) is 2.35. The van der Waals surface area contributed by atoms with Crippen LogP contribution in [0.2, 0.25) is 0 Å². The zero-order valence-electron chi connectivity index (χ0n) is 7.29. The van der Waals surface area contributed by atoms with Gasteiger partial charge < -0.3 is 4.74 Å². The number of nitro groups is 1. The minimum atomic E-state index is -0.426. The number of nitro benzene ring substituents is 1. The summed E-state index contributed by atoms with van der Waals surface area (Å²) in [6, 6.07) is 2.97. The lowest BCUT2D eigenvalue weighted by Gasteiger charge is -2.06. The summed E-state index contributed by atoms with van der Waals surface area (Å²) < 4.78 is 5.94. The first kappa shape index (κ1) is 11.7. The van der Waals surface area contributed by atoms with Crippen molar-refractivity contribution in [2.75, 3.05) is 7.11 Å².